The Bertz CT molecular complexity index is 1560. The minimum atomic E-state index is -0.537. The summed E-state index contributed by atoms with van der Waals surface area (Å²) >= 11 is 8.60. The molecular weight excluding hydrogens is 552 g/mol. The molecule has 0 saturated heterocycles. The Morgan fingerprint density at radius 1 is 1.21 bits per heavy atom. The molecule has 0 bridgehead atoms. The Balaban J connectivity index is 1.39. The number of carbonyl (C=O) groups is 2. The van der Waals surface area contributed by atoms with E-state index in [0.29, 0.717) is 50.6 Å². The van der Waals surface area contributed by atoms with Crippen molar-refractivity contribution in [3.63, 3.8) is 0 Å². The first-order valence-electron chi connectivity index (χ1n) is 12.2. The summed E-state index contributed by atoms with van der Waals surface area (Å²) in [5.41, 5.74) is 9.68. The number of halogens is 1. The average molecular weight is 575 g/mol. The predicted octanol–water partition coefficient (Wildman–Crippen LogP) is 5.77. The van der Waals surface area contributed by atoms with Gasteiger partial charge >= 0.3 is 0 Å². The number of amides is 1. The largest absolute Gasteiger partial charge is 0.384 e. The summed E-state index contributed by atoms with van der Waals surface area (Å²) in [6.45, 7) is 0. The Hall–Kier alpha value is -3.91. The van der Waals surface area contributed by atoms with Crippen LogP contribution in [-0.4, -0.2) is 27.6 Å². The van der Waals surface area contributed by atoms with Gasteiger partial charge in [0.05, 0.1) is 28.1 Å². The second kappa shape index (κ2) is 11.9. The maximum atomic E-state index is 13.2. The summed E-state index contributed by atoms with van der Waals surface area (Å²) in [6.07, 6.45) is 5.50. The molecule has 5 rings (SSSR count). The lowest BCUT2D eigenvalue weighted by molar-refractivity contribution is -0.116. The molecule has 1 aromatic heterocycles. The molecule has 39 heavy (non-hydrogen) atoms. The highest BCUT2D eigenvalue weighted by molar-refractivity contribution is 8.01. The number of nitrogens with two attached hydrogens (primary N) is 1. The van der Waals surface area contributed by atoms with E-state index < -0.39 is 5.92 Å². The van der Waals surface area contributed by atoms with E-state index in [9.17, 15) is 14.9 Å². The number of thioether (sulfide) groups is 1. The van der Waals surface area contributed by atoms with Crippen molar-refractivity contribution in [3.8, 4) is 6.07 Å². The van der Waals surface area contributed by atoms with Gasteiger partial charge in [0.25, 0.3) is 0 Å². The minimum absolute atomic E-state index is 0.000399. The Labute approximate surface area is 238 Å². The molecule has 1 unspecified atom stereocenters. The van der Waals surface area contributed by atoms with Crippen molar-refractivity contribution >= 4 is 63.3 Å². The summed E-state index contributed by atoms with van der Waals surface area (Å²) < 4.78 is 0.556. The van der Waals surface area contributed by atoms with Gasteiger partial charge in [-0.3, -0.25) is 14.5 Å². The third kappa shape index (κ3) is 5.76. The zero-order chi connectivity index (χ0) is 27.4. The van der Waals surface area contributed by atoms with Gasteiger partial charge in [-0.25, -0.2) is 0 Å². The number of Topliss-reactive ketones (excluding diaryl/α,β-unsaturated/α-hetero) is 1. The number of rotatable bonds is 7. The van der Waals surface area contributed by atoms with Gasteiger partial charge in [0.2, 0.25) is 11.0 Å². The average Bonchev–Trinajstić information content (AvgIpc) is 3.41. The molecule has 1 atom stereocenters. The highest BCUT2D eigenvalue weighted by atomic mass is 35.5. The summed E-state index contributed by atoms with van der Waals surface area (Å²) in [5.74, 6) is -0.431. The van der Waals surface area contributed by atoms with Crippen LogP contribution in [0.1, 0.15) is 24.8 Å². The molecule has 1 aliphatic carbocycles. The van der Waals surface area contributed by atoms with E-state index in [0.717, 1.165) is 11.3 Å². The number of ketones is 1. The number of allylic oxidation sites excluding steroid dienone is 4. The molecular formula is C28H23ClN6O2S2. The van der Waals surface area contributed by atoms with Crippen LogP contribution in [-0.2, 0) is 9.59 Å². The van der Waals surface area contributed by atoms with Crippen molar-refractivity contribution in [3.05, 3.63) is 93.9 Å². The van der Waals surface area contributed by atoms with Crippen LogP contribution in [0.25, 0.3) is 6.08 Å². The number of anilines is 2. The minimum Gasteiger partial charge on any atom is -0.384 e. The topological polar surface area (TPSA) is 125 Å². The fraction of sp³-hybridized carbons (Fsp3) is 0.179. The van der Waals surface area contributed by atoms with Gasteiger partial charge in [-0.15, -0.1) is 10.2 Å². The zero-order valence-corrected chi connectivity index (χ0v) is 23.0. The molecule has 1 aliphatic heterocycles. The van der Waals surface area contributed by atoms with Crippen molar-refractivity contribution in [1.82, 2.24) is 10.2 Å². The smallest absolute Gasteiger partial charge is 0.234 e. The molecule has 3 aromatic rings. The van der Waals surface area contributed by atoms with Crippen molar-refractivity contribution in [2.75, 3.05) is 16.0 Å². The predicted molar refractivity (Wildman–Crippen MR) is 155 cm³/mol. The molecule has 2 aliphatic rings. The number of hydrogen-bond acceptors (Lipinski definition) is 9. The molecule has 2 heterocycles. The molecule has 0 spiro atoms. The monoisotopic (exact) mass is 574 g/mol. The van der Waals surface area contributed by atoms with Crippen LogP contribution >= 0.6 is 34.7 Å². The quantitative estimate of drug-likeness (QED) is 0.341. The zero-order valence-electron chi connectivity index (χ0n) is 20.6. The van der Waals surface area contributed by atoms with E-state index in [4.69, 9.17) is 17.3 Å². The molecule has 0 fully saturated rings. The van der Waals surface area contributed by atoms with Crippen LogP contribution in [0.5, 0.6) is 0 Å². The molecule has 8 nitrogen and oxygen atoms in total. The van der Waals surface area contributed by atoms with E-state index in [1.165, 1.54) is 23.1 Å². The third-order valence-corrected chi connectivity index (χ3v) is 8.67. The molecule has 196 valence electrons. The number of nitriles is 1. The van der Waals surface area contributed by atoms with E-state index in [-0.39, 0.29) is 23.3 Å². The number of aromatic nitrogens is 2. The molecule has 3 N–H and O–H groups in total. The number of para-hydroxylation sites is 1. The normalized spacial score (nSPS) is 17.4. The van der Waals surface area contributed by atoms with Gasteiger partial charge in [0.1, 0.15) is 5.82 Å². The lowest BCUT2D eigenvalue weighted by Crippen LogP contribution is -2.39. The lowest BCUT2D eigenvalue weighted by Gasteiger charge is -2.37. The van der Waals surface area contributed by atoms with E-state index >= 15 is 0 Å². The van der Waals surface area contributed by atoms with Crippen molar-refractivity contribution in [2.45, 2.75) is 23.6 Å². The highest BCUT2D eigenvalue weighted by Crippen LogP contribution is 2.44. The number of hydrogen-bond donors (Lipinski definition) is 2. The van der Waals surface area contributed by atoms with Crippen LogP contribution in [0.2, 0.25) is 5.02 Å². The van der Waals surface area contributed by atoms with Crippen molar-refractivity contribution in [1.29, 1.82) is 5.26 Å². The molecule has 11 heteroatoms. The Kier molecular flexibility index (Phi) is 8.12. The summed E-state index contributed by atoms with van der Waals surface area (Å²) in [4.78, 5) is 27.3. The first-order chi connectivity index (χ1) is 19.0. The molecule has 1 amide bonds. The fourth-order valence-electron chi connectivity index (χ4n) is 4.54. The standard InChI is InChI=1S/C28H23ClN6O2S2/c29-20-9-4-5-10-21(20)32-24(37)16-38-28-34-33-27(39-28)35-22-11-6-12-23(36)25(22)18(19(15-30)26(35)31)14-13-17-7-2-1-3-8-17/h1-5,7-10,13-14,18H,6,11-12,16,31H2,(H,32,37)/b14-13+. The van der Waals surface area contributed by atoms with Crippen LogP contribution in [0.15, 0.2) is 87.7 Å². The van der Waals surface area contributed by atoms with Gasteiger partial charge < -0.3 is 11.1 Å². The maximum Gasteiger partial charge on any atom is 0.234 e. The highest BCUT2D eigenvalue weighted by Gasteiger charge is 2.39. The molecule has 0 saturated carbocycles. The number of carbonyl (C=O) groups excluding carboxylic acids is 2. The first kappa shape index (κ1) is 26.7. The van der Waals surface area contributed by atoms with E-state index in [1.807, 2.05) is 42.5 Å². The molecule has 2 aromatic carbocycles. The van der Waals surface area contributed by atoms with Gasteiger partial charge in [-0.2, -0.15) is 5.26 Å². The second-order valence-corrected chi connectivity index (χ2v) is 11.4. The molecule has 0 radical (unpaired) electrons. The third-order valence-electron chi connectivity index (χ3n) is 6.30. The van der Waals surface area contributed by atoms with Gasteiger partial charge in [0.15, 0.2) is 10.1 Å². The lowest BCUT2D eigenvalue weighted by atomic mass is 9.79. The van der Waals surface area contributed by atoms with Gasteiger partial charge in [0, 0.05) is 23.6 Å². The summed E-state index contributed by atoms with van der Waals surface area (Å²) in [7, 11) is 0. The van der Waals surface area contributed by atoms with Crippen LogP contribution in [0, 0.1) is 17.2 Å². The fourth-order valence-corrected chi connectivity index (χ4v) is 6.40. The number of nitrogens with one attached hydrogen (secondary N) is 1. The van der Waals surface area contributed by atoms with Crippen LogP contribution in [0.3, 0.4) is 0 Å². The maximum absolute atomic E-state index is 13.2. The summed E-state index contributed by atoms with van der Waals surface area (Å²) in [5, 5.41) is 22.3. The van der Waals surface area contributed by atoms with Gasteiger partial charge in [-0.1, -0.05) is 89.3 Å². The number of nitrogens with zero attached hydrogens (tertiary/aromatic N) is 4. The van der Waals surface area contributed by atoms with Crippen LogP contribution in [0.4, 0.5) is 10.8 Å². The van der Waals surface area contributed by atoms with Crippen molar-refractivity contribution in [2.24, 2.45) is 11.7 Å². The summed E-state index contributed by atoms with van der Waals surface area (Å²) in [6, 6.07) is 18.9. The Morgan fingerprint density at radius 2 is 1.97 bits per heavy atom. The van der Waals surface area contributed by atoms with E-state index in [1.54, 1.807) is 29.2 Å². The first-order valence-corrected chi connectivity index (χ1v) is 14.3. The van der Waals surface area contributed by atoms with Gasteiger partial charge in [-0.05, 0) is 30.5 Å². The SMILES string of the molecule is N#CC1=C(N)N(c2nnc(SCC(=O)Nc3ccccc3Cl)s2)C2=C(C(=O)CCC2)C1/C=C/c1ccccc1. The number of benzene rings is 2. The van der Waals surface area contributed by atoms with E-state index in [2.05, 4.69) is 21.6 Å². The second-order valence-electron chi connectivity index (χ2n) is 8.80. The van der Waals surface area contributed by atoms with Crippen molar-refractivity contribution < 1.29 is 9.59 Å². The Morgan fingerprint density at radius 3 is 2.74 bits per heavy atom. The van der Waals surface area contributed by atoms with Crippen LogP contribution < -0.4 is 16.0 Å².